The Bertz CT molecular complexity index is 381. The van der Waals surface area contributed by atoms with Crippen LogP contribution in [0.25, 0.3) is 0 Å². The molecule has 0 atom stereocenters. The zero-order valence-corrected chi connectivity index (χ0v) is 18.5. The van der Waals surface area contributed by atoms with Gasteiger partial charge in [-0.3, -0.25) is 0 Å². The van der Waals surface area contributed by atoms with Crippen molar-refractivity contribution >= 4 is 22.2 Å². The molecule has 23 heavy (non-hydrogen) atoms. The van der Waals surface area contributed by atoms with Crippen LogP contribution in [0.2, 0.25) is 13.3 Å². The Balaban J connectivity index is 2.89. The molecule has 134 valence electrons. The van der Waals surface area contributed by atoms with Gasteiger partial charge >= 0.3 is 147 Å². The monoisotopic (exact) mass is 432 g/mol. The van der Waals surface area contributed by atoms with E-state index in [0.29, 0.717) is 13.4 Å². The van der Waals surface area contributed by atoms with Gasteiger partial charge in [-0.05, 0) is 0 Å². The van der Waals surface area contributed by atoms with Crippen LogP contribution in [0.5, 0.6) is 0 Å². The van der Waals surface area contributed by atoms with E-state index in [0.717, 1.165) is 5.76 Å². The Hall–Kier alpha value is -0.00130. The summed E-state index contributed by atoms with van der Waals surface area (Å²) >= 11 is -2.40. The van der Waals surface area contributed by atoms with Crippen molar-refractivity contribution in [3.05, 3.63) is 17.9 Å². The van der Waals surface area contributed by atoms with E-state index >= 15 is 0 Å². The molecular formula is C19H36O3Sn. The van der Waals surface area contributed by atoms with Gasteiger partial charge in [-0.2, -0.15) is 0 Å². The average Bonchev–Trinajstić information content (AvgIpc) is 3.04. The van der Waals surface area contributed by atoms with Crippen LogP contribution in [-0.4, -0.2) is 32.3 Å². The Morgan fingerprint density at radius 1 is 0.913 bits per heavy atom. The van der Waals surface area contributed by atoms with Crippen molar-refractivity contribution in [2.45, 2.75) is 79.2 Å². The number of rotatable bonds is 14. The molecule has 0 aliphatic carbocycles. The zero-order chi connectivity index (χ0) is 17.0. The molecule has 3 nitrogen and oxygen atoms in total. The Morgan fingerprint density at radius 2 is 1.48 bits per heavy atom. The first-order valence-electron chi connectivity index (χ1n) is 9.38. The number of hydrogen-bond donors (Lipinski definition) is 0. The first-order chi connectivity index (χ1) is 11.2. The number of methoxy groups -OCH3 is 1. The van der Waals surface area contributed by atoms with Crippen molar-refractivity contribution in [3.8, 4) is 0 Å². The zero-order valence-electron chi connectivity index (χ0n) is 15.7. The first kappa shape index (κ1) is 21.0. The molecule has 0 radical (unpaired) electrons. The number of ether oxygens (including phenoxy) is 2. The third kappa shape index (κ3) is 7.18. The van der Waals surface area contributed by atoms with E-state index in [4.69, 9.17) is 13.9 Å². The van der Waals surface area contributed by atoms with Gasteiger partial charge in [0.2, 0.25) is 0 Å². The maximum absolute atomic E-state index is 6.30. The molecule has 1 aromatic heterocycles. The van der Waals surface area contributed by atoms with Crippen LogP contribution in [-0.2, 0) is 16.1 Å². The van der Waals surface area contributed by atoms with Gasteiger partial charge in [0.05, 0.1) is 0 Å². The van der Waals surface area contributed by atoms with Gasteiger partial charge in [-0.15, -0.1) is 0 Å². The molecule has 0 aromatic carbocycles. The van der Waals surface area contributed by atoms with Crippen molar-refractivity contribution in [2.24, 2.45) is 0 Å². The quantitative estimate of drug-likeness (QED) is 0.223. The van der Waals surface area contributed by atoms with Gasteiger partial charge in [-0.1, -0.05) is 0 Å². The molecule has 0 aliphatic rings. The molecule has 0 amide bonds. The fraction of sp³-hybridized carbons (Fsp3) is 0.789. The minimum absolute atomic E-state index is 0.325. The molecule has 0 spiro atoms. The van der Waals surface area contributed by atoms with Gasteiger partial charge in [0.25, 0.3) is 0 Å². The molecule has 1 rings (SSSR count). The SMILES string of the molecule is CCC[CH2][Sn]([CH2]CCC)([CH2]CCC)[c]1ccc(COCOC)o1. The second-order valence-corrected chi connectivity index (χ2v) is 19.6. The summed E-state index contributed by atoms with van der Waals surface area (Å²) in [6.07, 6.45) is 7.96. The van der Waals surface area contributed by atoms with Gasteiger partial charge < -0.3 is 0 Å². The predicted molar refractivity (Wildman–Crippen MR) is 99.9 cm³/mol. The van der Waals surface area contributed by atoms with E-state index in [2.05, 4.69) is 32.9 Å². The van der Waals surface area contributed by atoms with Crippen molar-refractivity contribution in [1.82, 2.24) is 0 Å². The molecule has 0 bridgehead atoms. The molecule has 1 aromatic rings. The summed E-state index contributed by atoms with van der Waals surface area (Å²) in [6, 6.07) is 4.41. The fourth-order valence-electron chi connectivity index (χ4n) is 3.26. The van der Waals surface area contributed by atoms with Crippen molar-refractivity contribution in [1.29, 1.82) is 0 Å². The summed E-state index contributed by atoms with van der Waals surface area (Å²) in [7, 11) is 1.65. The van der Waals surface area contributed by atoms with Crippen molar-refractivity contribution in [3.63, 3.8) is 0 Å². The number of hydrogen-bond acceptors (Lipinski definition) is 3. The van der Waals surface area contributed by atoms with E-state index < -0.39 is 18.4 Å². The molecule has 0 saturated carbocycles. The maximum atomic E-state index is 6.30. The fourth-order valence-corrected chi connectivity index (χ4v) is 18.6. The van der Waals surface area contributed by atoms with E-state index in [1.54, 1.807) is 7.11 Å². The van der Waals surface area contributed by atoms with Crippen LogP contribution >= 0.6 is 0 Å². The molecule has 0 saturated heterocycles. The van der Waals surface area contributed by atoms with Crippen LogP contribution in [0, 0.1) is 0 Å². The summed E-state index contributed by atoms with van der Waals surface area (Å²) in [5.41, 5.74) is 0. The minimum atomic E-state index is -2.40. The van der Waals surface area contributed by atoms with Crippen LogP contribution in [0.4, 0.5) is 0 Å². The summed E-state index contributed by atoms with van der Waals surface area (Å²) < 4.78 is 22.4. The van der Waals surface area contributed by atoms with Crippen molar-refractivity contribution < 1.29 is 13.9 Å². The van der Waals surface area contributed by atoms with Crippen LogP contribution in [0.15, 0.2) is 16.5 Å². The Labute approximate surface area is 147 Å². The number of unbranched alkanes of at least 4 members (excludes halogenated alkanes) is 3. The standard InChI is InChI=1S/C7H9O3.3C4H9.Sn/c1-8-6-9-5-7-3-2-4-10-7;3*1-3-4-2;/h2-3H,5-6H2,1H3;3*1,3-4H2,2H3;. The first-order valence-corrected chi connectivity index (χ1v) is 16.9. The molecule has 1 heterocycles. The van der Waals surface area contributed by atoms with Gasteiger partial charge in [0, 0.05) is 0 Å². The summed E-state index contributed by atoms with van der Waals surface area (Å²) in [6.45, 7) is 7.77. The van der Waals surface area contributed by atoms with E-state index in [1.807, 2.05) is 0 Å². The normalized spacial score (nSPS) is 12.0. The molecule has 0 aliphatic heterocycles. The summed E-state index contributed by atoms with van der Waals surface area (Å²) in [5, 5.41) is 0. The third-order valence-electron chi connectivity index (χ3n) is 4.66. The summed E-state index contributed by atoms with van der Waals surface area (Å²) in [5.74, 6) is 0.961. The van der Waals surface area contributed by atoms with Gasteiger partial charge in [0.1, 0.15) is 0 Å². The third-order valence-corrected chi connectivity index (χ3v) is 19.6. The number of furan rings is 1. The second kappa shape index (κ2) is 12.4. The van der Waals surface area contributed by atoms with E-state index in [-0.39, 0.29) is 0 Å². The van der Waals surface area contributed by atoms with Gasteiger partial charge in [-0.25, -0.2) is 0 Å². The Morgan fingerprint density at radius 3 is 1.96 bits per heavy atom. The molecule has 0 N–H and O–H groups in total. The van der Waals surface area contributed by atoms with Gasteiger partial charge in [0.15, 0.2) is 0 Å². The van der Waals surface area contributed by atoms with Crippen LogP contribution < -0.4 is 3.78 Å². The molecule has 0 unspecified atom stereocenters. The van der Waals surface area contributed by atoms with Crippen LogP contribution in [0.1, 0.15) is 65.1 Å². The second-order valence-electron chi connectivity index (χ2n) is 6.61. The van der Waals surface area contributed by atoms with Crippen LogP contribution in [0.3, 0.4) is 0 Å². The predicted octanol–water partition coefficient (Wildman–Crippen LogP) is 5.46. The topological polar surface area (TPSA) is 31.6 Å². The van der Waals surface area contributed by atoms with E-state index in [9.17, 15) is 0 Å². The molecular weight excluding hydrogens is 395 g/mol. The van der Waals surface area contributed by atoms with E-state index in [1.165, 1.54) is 55.6 Å². The molecule has 0 fully saturated rings. The van der Waals surface area contributed by atoms with Crippen molar-refractivity contribution in [2.75, 3.05) is 13.9 Å². The summed E-state index contributed by atoms with van der Waals surface area (Å²) in [4.78, 5) is 0. The Kier molecular flexibility index (Phi) is 11.3. The molecule has 4 heteroatoms. The average molecular weight is 431 g/mol.